The van der Waals surface area contributed by atoms with Gasteiger partial charge in [-0.3, -0.25) is 4.79 Å². The lowest BCUT2D eigenvalue weighted by Crippen LogP contribution is -2.15. The van der Waals surface area contributed by atoms with Crippen molar-refractivity contribution in [2.24, 2.45) is 0 Å². The van der Waals surface area contributed by atoms with Crippen molar-refractivity contribution in [3.05, 3.63) is 89.4 Å². The minimum atomic E-state index is -0.543. The molecule has 0 unspecified atom stereocenters. The first-order valence-electron chi connectivity index (χ1n) is 9.32. The Balaban J connectivity index is 1.59. The summed E-state index contributed by atoms with van der Waals surface area (Å²) in [5.74, 6) is -0.0132. The van der Waals surface area contributed by atoms with Gasteiger partial charge in [0.1, 0.15) is 5.76 Å². The van der Waals surface area contributed by atoms with E-state index < -0.39 is 5.97 Å². The van der Waals surface area contributed by atoms with E-state index in [1.165, 1.54) is 5.56 Å². The van der Waals surface area contributed by atoms with Crippen LogP contribution in [0.25, 0.3) is 0 Å². The number of para-hydroxylation sites is 1. The summed E-state index contributed by atoms with van der Waals surface area (Å²) in [5.41, 5.74) is 2.73. The standard InChI is InChI=1S/C23H23NO4/c1-2-6-17-10-12-18(13-11-17)22(25)16-28-23(26)20-8-3-4-9-21(20)24-15-19-7-5-14-27-19/h3-5,7-14,24H,2,6,15-16H2,1H3. The lowest BCUT2D eigenvalue weighted by molar-refractivity contribution is 0.0475. The molecule has 5 nitrogen and oxygen atoms in total. The molecule has 2 aromatic carbocycles. The second-order valence-electron chi connectivity index (χ2n) is 6.42. The summed E-state index contributed by atoms with van der Waals surface area (Å²) in [6.45, 7) is 2.26. The molecule has 1 aromatic heterocycles. The molecule has 3 rings (SSSR count). The molecule has 0 aliphatic carbocycles. The Labute approximate surface area is 164 Å². The molecular formula is C23H23NO4. The largest absolute Gasteiger partial charge is 0.467 e. The van der Waals surface area contributed by atoms with Crippen LogP contribution in [0.1, 0.15) is 45.4 Å². The molecule has 0 bridgehead atoms. The van der Waals surface area contributed by atoms with Gasteiger partial charge in [-0.2, -0.15) is 0 Å². The molecule has 28 heavy (non-hydrogen) atoms. The van der Waals surface area contributed by atoms with E-state index in [0.717, 1.165) is 18.6 Å². The Morgan fingerprint density at radius 1 is 1.00 bits per heavy atom. The monoisotopic (exact) mass is 377 g/mol. The first kappa shape index (κ1) is 19.4. The first-order chi connectivity index (χ1) is 13.7. The minimum Gasteiger partial charge on any atom is -0.467 e. The predicted octanol–water partition coefficient (Wildman–Crippen LogP) is 4.88. The van der Waals surface area contributed by atoms with Gasteiger partial charge in [-0.25, -0.2) is 4.79 Å². The summed E-state index contributed by atoms with van der Waals surface area (Å²) in [6, 6.07) is 18.1. The third kappa shape index (κ3) is 5.10. The Bertz CT molecular complexity index is 914. The van der Waals surface area contributed by atoms with Crippen molar-refractivity contribution >= 4 is 17.4 Å². The maximum Gasteiger partial charge on any atom is 0.340 e. The highest BCUT2D eigenvalue weighted by Crippen LogP contribution is 2.18. The van der Waals surface area contributed by atoms with E-state index in [1.54, 1.807) is 42.7 Å². The van der Waals surface area contributed by atoms with E-state index in [1.807, 2.05) is 24.3 Å². The summed E-state index contributed by atoms with van der Waals surface area (Å²) in [5, 5.41) is 3.15. The van der Waals surface area contributed by atoms with Crippen LogP contribution in [0, 0.1) is 0 Å². The Morgan fingerprint density at radius 2 is 1.79 bits per heavy atom. The fourth-order valence-corrected chi connectivity index (χ4v) is 2.85. The van der Waals surface area contributed by atoms with Crippen LogP contribution in [-0.2, 0) is 17.7 Å². The molecule has 0 aliphatic heterocycles. The molecule has 0 saturated carbocycles. The minimum absolute atomic E-state index is 0.225. The molecule has 0 saturated heterocycles. The number of hydrogen-bond donors (Lipinski definition) is 1. The maximum absolute atomic E-state index is 12.5. The summed E-state index contributed by atoms with van der Waals surface area (Å²) < 4.78 is 10.5. The van der Waals surface area contributed by atoms with Crippen LogP contribution in [0.5, 0.6) is 0 Å². The Morgan fingerprint density at radius 3 is 2.50 bits per heavy atom. The van der Waals surface area contributed by atoms with Crippen LogP contribution >= 0.6 is 0 Å². The Kier molecular flexibility index (Phi) is 6.63. The van der Waals surface area contributed by atoms with Gasteiger partial charge >= 0.3 is 5.97 Å². The zero-order valence-electron chi connectivity index (χ0n) is 15.8. The summed E-state index contributed by atoms with van der Waals surface area (Å²) in [7, 11) is 0. The van der Waals surface area contributed by atoms with Crippen LogP contribution in [-0.4, -0.2) is 18.4 Å². The molecule has 0 atom stereocenters. The van der Waals surface area contributed by atoms with Crippen molar-refractivity contribution in [2.45, 2.75) is 26.3 Å². The van der Waals surface area contributed by atoms with Crippen LogP contribution in [0.3, 0.4) is 0 Å². The first-order valence-corrected chi connectivity index (χ1v) is 9.32. The number of Topliss-reactive ketones (excluding diaryl/α,β-unsaturated/α-hetero) is 1. The van der Waals surface area contributed by atoms with Gasteiger partial charge in [0.05, 0.1) is 18.4 Å². The van der Waals surface area contributed by atoms with E-state index in [4.69, 9.17) is 9.15 Å². The molecule has 0 amide bonds. The number of ether oxygens (including phenoxy) is 1. The molecule has 144 valence electrons. The maximum atomic E-state index is 12.5. The average molecular weight is 377 g/mol. The lowest BCUT2D eigenvalue weighted by atomic mass is 10.1. The highest BCUT2D eigenvalue weighted by Gasteiger charge is 2.15. The van der Waals surface area contributed by atoms with Crippen LogP contribution in [0.15, 0.2) is 71.3 Å². The molecule has 1 heterocycles. The topological polar surface area (TPSA) is 68.5 Å². The fourth-order valence-electron chi connectivity index (χ4n) is 2.85. The number of esters is 1. The fraction of sp³-hybridized carbons (Fsp3) is 0.217. The van der Waals surface area contributed by atoms with Gasteiger partial charge in [0, 0.05) is 11.3 Å². The van der Waals surface area contributed by atoms with Crippen LogP contribution in [0.2, 0.25) is 0 Å². The second-order valence-corrected chi connectivity index (χ2v) is 6.42. The van der Waals surface area contributed by atoms with Crippen molar-refractivity contribution < 1.29 is 18.7 Å². The highest BCUT2D eigenvalue weighted by molar-refractivity contribution is 6.00. The molecule has 3 aromatic rings. The zero-order valence-corrected chi connectivity index (χ0v) is 15.8. The highest BCUT2D eigenvalue weighted by atomic mass is 16.5. The van der Waals surface area contributed by atoms with E-state index in [0.29, 0.717) is 23.4 Å². The van der Waals surface area contributed by atoms with Gasteiger partial charge in [-0.1, -0.05) is 49.7 Å². The normalized spacial score (nSPS) is 10.5. The number of ketones is 1. The number of hydrogen-bond acceptors (Lipinski definition) is 5. The number of aryl methyl sites for hydroxylation is 1. The predicted molar refractivity (Wildman–Crippen MR) is 108 cm³/mol. The van der Waals surface area contributed by atoms with Gasteiger partial charge < -0.3 is 14.5 Å². The van der Waals surface area contributed by atoms with Gasteiger partial charge in [0.25, 0.3) is 0 Å². The average Bonchev–Trinajstić information content (AvgIpc) is 3.25. The summed E-state index contributed by atoms with van der Waals surface area (Å²) in [4.78, 5) is 24.8. The van der Waals surface area contributed by atoms with E-state index in [-0.39, 0.29) is 12.4 Å². The smallest absolute Gasteiger partial charge is 0.340 e. The van der Waals surface area contributed by atoms with E-state index in [2.05, 4.69) is 12.2 Å². The van der Waals surface area contributed by atoms with Crippen molar-refractivity contribution in [1.82, 2.24) is 0 Å². The molecular weight excluding hydrogens is 354 g/mol. The van der Waals surface area contributed by atoms with Crippen molar-refractivity contribution in [3.63, 3.8) is 0 Å². The van der Waals surface area contributed by atoms with Gasteiger partial charge in [-0.05, 0) is 36.2 Å². The SMILES string of the molecule is CCCc1ccc(C(=O)COC(=O)c2ccccc2NCc2ccco2)cc1. The number of benzene rings is 2. The van der Waals surface area contributed by atoms with Gasteiger partial charge in [0.15, 0.2) is 12.4 Å². The van der Waals surface area contributed by atoms with E-state index in [9.17, 15) is 9.59 Å². The van der Waals surface area contributed by atoms with Gasteiger partial charge in [0.2, 0.25) is 0 Å². The van der Waals surface area contributed by atoms with Crippen molar-refractivity contribution in [1.29, 1.82) is 0 Å². The molecule has 0 radical (unpaired) electrons. The molecule has 0 aliphatic rings. The van der Waals surface area contributed by atoms with Crippen LogP contribution in [0.4, 0.5) is 5.69 Å². The third-order valence-corrected chi connectivity index (χ3v) is 4.33. The number of furan rings is 1. The summed E-state index contributed by atoms with van der Waals surface area (Å²) >= 11 is 0. The molecule has 5 heteroatoms. The zero-order chi connectivity index (χ0) is 19.8. The second kappa shape index (κ2) is 9.55. The quantitative estimate of drug-likeness (QED) is 0.425. The number of carbonyl (C=O) groups is 2. The number of anilines is 1. The number of rotatable bonds is 9. The third-order valence-electron chi connectivity index (χ3n) is 4.33. The molecule has 0 fully saturated rings. The van der Waals surface area contributed by atoms with Gasteiger partial charge in [-0.15, -0.1) is 0 Å². The van der Waals surface area contributed by atoms with E-state index >= 15 is 0 Å². The number of carbonyl (C=O) groups excluding carboxylic acids is 2. The molecule has 1 N–H and O–H groups in total. The number of nitrogens with one attached hydrogen (secondary N) is 1. The van der Waals surface area contributed by atoms with Crippen molar-refractivity contribution in [3.8, 4) is 0 Å². The van der Waals surface area contributed by atoms with Crippen molar-refractivity contribution in [2.75, 3.05) is 11.9 Å². The molecule has 0 spiro atoms. The van der Waals surface area contributed by atoms with Crippen LogP contribution < -0.4 is 5.32 Å². The summed E-state index contributed by atoms with van der Waals surface area (Å²) in [6.07, 6.45) is 3.63. The Hall–Kier alpha value is -3.34. The lowest BCUT2D eigenvalue weighted by Gasteiger charge is -2.11.